The summed E-state index contributed by atoms with van der Waals surface area (Å²) >= 11 is 1.66. The monoisotopic (exact) mass is 498 g/mol. The van der Waals surface area contributed by atoms with Crippen molar-refractivity contribution in [1.29, 1.82) is 0 Å². The zero-order chi connectivity index (χ0) is 25.9. The minimum absolute atomic E-state index is 0.410. The maximum atomic E-state index is 11.9. The molecule has 1 aromatic heterocycles. The van der Waals surface area contributed by atoms with E-state index >= 15 is 0 Å². The van der Waals surface area contributed by atoms with Crippen LogP contribution in [0, 0.1) is 31.6 Å². The highest BCUT2D eigenvalue weighted by Crippen LogP contribution is 2.44. The second-order valence-electron chi connectivity index (χ2n) is 9.96. The number of hydrogen-bond donors (Lipinski definition) is 0. The lowest BCUT2D eigenvalue weighted by molar-refractivity contribution is 0.112. The van der Waals surface area contributed by atoms with E-state index in [1.165, 1.54) is 0 Å². The van der Waals surface area contributed by atoms with E-state index in [9.17, 15) is 4.79 Å². The first-order valence-electron chi connectivity index (χ1n) is 12.1. The molecular formula is C31H34O2SSi. The number of carbonyl (C=O) groups is 1. The van der Waals surface area contributed by atoms with Gasteiger partial charge in [0.05, 0.1) is 5.56 Å². The predicted octanol–water partition coefficient (Wildman–Crippen LogP) is 8.72. The van der Waals surface area contributed by atoms with Crippen molar-refractivity contribution in [3.63, 3.8) is 0 Å². The second-order valence-corrected chi connectivity index (χ2v) is 16.4. The molecule has 0 aliphatic rings. The minimum atomic E-state index is -2.21. The first-order valence-corrected chi connectivity index (χ1v) is 15.0. The third-order valence-corrected chi connectivity index (χ3v) is 14.1. The van der Waals surface area contributed by atoms with Crippen LogP contribution in [0.2, 0.25) is 16.6 Å². The van der Waals surface area contributed by atoms with Gasteiger partial charge in [-0.05, 0) is 71.1 Å². The molecule has 0 saturated heterocycles. The Morgan fingerprint density at radius 2 is 1.46 bits per heavy atom. The van der Waals surface area contributed by atoms with E-state index in [1.54, 1.807) is 11.3 Å². The Balaban J connectivity index is 2.09. The van der Waals surface area contributed by atoms with E-state index in [4.69, 9.17) is 17.3 Å². The lowest BCUT2D eigenvalue weighted by Crippen LogP contribution is -2.50. The van der Waals surface area contributed by atoms with Crippen LogP contribution in [0.25, 0.3) is 20.9 Å². The van der Waals surface area contributed by atoms with Gasteiger partial charge in [0.1, 0.15) is 5.75 Å². The van der Waals surface area contributed by atoms with Crippen LogP contribution in [-0.4, -0.2) is 14.6 Å². The Morgan fingerprint density at radius 3 is 2.00 bits per heavy atom. The van der Waals surface area contributed by atoms with Crippen molar-refractivity contribution in [2.75, 3.05) is 0 Å². The van der Waals surface area contributed by atoms with Crippen molar-refractivity contribution < 1.29 is 9.22 Å². The van der Waals surface area contributed by atoms with Crippen molar-refractivity contribution >= 4 is 25.9 Å². The van der Waals surface area contributed by atoms with Gasteiger partial charge in [-0.15, -0.1) is 24.2 Å². The molecule has 0 N–H and O–H groups in total. The Kier molecular flexibility index (Phi) is 8.11. The van der Waals surface area contributed by atoms with E-state index in [0.29, 0.717) is 27.9 Å². The molecule has 0 bridgehead atoms. The van der Waals surface area contributed by atoms with E-state index in [2.05, 4.69) is 65.5 Å². The molecule has 0 radical (unpaired) electrons. The van der Waals surface area contributed by atoms with Crippen molar-refractivity contribution in [2.45, 2.75) is 65.1 Å². The molecule has 2 aromatic carbocycles. The van der Waals surface area contributed by atoms with Crippen molar-refractivity contribution in [3.8, 4) is 51.3 Å². The number of benzene rings is 2. The summed E-state index contributed by atoms with van der Waals surface area (Å²) in [5, 5.41) is 0. The summed E-state index contributed by atoms with van der Waals surface area (Å²) in [5.41, 5.74) is 6.49. The zero-order valence-electron chi connectivity index (χ0n) is 21.7. The van der Waals surface area contributed by atoms with E-state index in [-0.39, 0.29) is 0 Å². The summed E-state index contributed by atoms with van der Waals surface area (Å²) in [6.07, 6.45) is 12.4. The Bertz CT molecular complexity index is 1290. The van der Waals surface area contributed by atoms with Gasteiger partial charge in [-0.1, -0.05) is 59.4 Å². The summed E-state index contributed by atoms with van der Waals surface area (Å²) < 4.78 is 6.91. The molecule has 0 amide bonds. The second kappa shape index (κ2) is 10.7. The maximum absolute atomic E-state index is 11.9. The number of aldehydes is 1. The smallest absolute Gasteiger partial charge is 0.258 e. The summed E-state index contributed by atoms with van der Waals surface area (Å²) in [5.74, 6) is 6.24. The summed E-state index contributed by atoms with van der Waals surface area (Å²) in [6, 6.07) is 14.0. The molecule has 0 unspecified atom stereocenters. The van der Waals surface area contributed by atoms with Gasteiger partial charge in [0.15, 0.2) is 6.29 Å². The summed E-state index contributed by atoms with van der Waals surface area (Å²) in [7, 11) is -2.21. The van der Waals surface area contributed by atoms with Crippen LogP contribution < -0.4 is 4.43 Å². The Labute approximate surface area is 215 Å². The average molecular weight is 499 g/mol. The van der Waals surface area contributed by atoms with Crippen LogP contribution in [0.3, 0.4) is 0 Å². The van der Waals surface area contributed by atoms with Gasteiger partial charge >= 0.3 is 0 Å². The molecule has 0 aliphatic carbocycles. The van der Waals surface area contributed by atoms with Gasteiger partial charge in [-0.2, -0.15) is 0 Å². The number of terminal acetylenes is 2. The van der Waals surface area contributed by atoms with Crippen molar-refractivity contribution in [2.24, 2.45) is 0 Å². The average Bonchev–Trinajstić information content (AvgIpc) is 3.31. The molecule has 3 rings (SSSR count). The first kappa shape index (κ1) is 26.5. The fraction of sp³-hybridized carbons (Fsp3) is 0.323. The van der Waals surface area contributed by atoms with Gasteiger partial charge in [0, 0.05) is 26.4 Å². The molecule has 1 heterocycles. The topological polar surface area (TPSA) is 26.3 Å². The van der Waals surface area contributed by atoms with Crippen LogP contribution >= 0.6 is 11.3 Å². The molecule has 0 atom stereocenters. The molecule has 2 nitrogen and oxygen atoms in total. The number of aryl methyl sites for hydroxylation is 1. The van der Waals surface area contributed by atoms with Gasteiger partial charge in [0.25, 0.3) is 8.32 Å². The highest BCUT2D eigenvalue weighted by molar-refractivity contribution is 7.18. The van der Waals surface area contributed by atoms with Crippen LogP contribution in [0.1, 0.15) is 68.6 Å². The molecule has 0 saturated carbocycles. The van der Waals surface area contributed by atoms with Crippen molar-refractivity contribution in [3.05, 3.63) is 64.7 Å². The van der Waals surface area contributed by atoms with E-state index in [0.717, 1.165) is 43.9 Å². The highest BCUT2D eigenvalue weighted by Gasteiger charge is 2.47. The van der Waals surface area contributed by atoms with E-state index in [1.807, 2.05) is 37.3 Å². The van der Waals surface area contributed by atoms with Gasteiger partial charge in [-0.25, -0.2) is 0 Å². The van der Waals surface area contributed by atoms with Gasteiger partial charge in [0.2, 0.25) is 0 Å². The predicted molar refractivity (Wildman–Crippen MR) is 153 cm³/mol. The Hall–Kier alpha value is -3.05. The molecular weight excluding hydrogens is 464 g/mol. The molecule has 4 heteroatoms. The number of carbonyl (C=O) groups excluding carboxylic acids is 1. The normalized spacial score (nSPS) is 11.5. The van der Waals surface area contributed by atoms with Crippen LogP contribution in [0.5, 0.6) is 5.75 Å². The van der Waals surface area contributed by atoms with Crippen LogP contribution in [0.15, 0.2) is 42.5 Å². The molecule has 3 aromatic rings. The fourth-order valence-corrected chi connectivity index (χ4v) is 11.5. The summed E-state index contributed by atoms with van der Waals surface area (Å²) in [6.45, 7) is 15.5. The highest BCUT2D eigenvalue weighted by atomic mass is 32.1. The van der Waals surface area contributed by atoms with E-state index < -0.39 is 8.32 Å². The summed E-state index contributed by atoms with van der Waals surface area (Å²) in [4.78, 5) is 14.1. The lowest BCUT2D eigenvalue weighted by atomic mass is 9.99. The number of thiophene rings is 1. The SMILES string of the molecule is C#Cc1cc(-c2ccc(-c3ccc(C=O)c(O[Si](C(C)C)(C(C)C)C(C)C)c3)s2)c(C#C)cc1C. The number of hydrogen-bond acceptors (Lipinski definition) is 3. The van der Waals surface area contributed by atoms with Gasteiger partial charge < -0.3 is 4.43 Å². The third-order valence-electron chi connectivity index (χ3n) is 6.97. The molecule has 0 spiro atoms. The Morgan fingerprint density at radius 1 is 0.857 bits per heavy atom. The van der Waals surface area contributed by atoms with Crippen LogP contribution in [0.4, 0.5) is 0 Å². The maximum Gasteiger partial charge on any atom is 0.258 e. The largest absolute Gasteiger partial charge is 0.542 e. The molecule has 35 heavy (non-hydrogen) atoms. The van der Waals surface area contributed by atoms with Crippen molar-refractivity contribution in [1.82, 2.24) is 0 Å². The number of rotatable bonds is 8. The quantitative estimate of drug-likeness (QED) is 0.176. The minimum Gasteiger partial charge on any atom is -0.542 e. The third kappa shape index (κ3) is 5.01. The molecule has 0 fully saturated rings. The lowest BCUT2D eigenvalue weighted by Gasteiger charge is -2.42. The van der Waals surface area contributed by atoms with Gasteiger partial charge in [-0.3, -0.25) is 4.79 Å². The molecule has 180 valence electrons. The molecule has 0 aliphatic heterocycles. The zero-order valence-corrected chi connectivity index (χ0v) is 23.5. The van der Waals surface area contributed by atoms with Crippen LogP contribution in [-0.2, 0) is 0 Å². The standard InChI is InChI=1S/C31H34O2SSi/c1-10-24-17-28(25(11-2)16-23(24)9)31-15-14-30(34-31)26-12-13-27(19-32)29(18-26)33-35(20(3)4,21(5)6)22(7)8/h1-2,12-22H,3-9H3. The fourth-order valence-electron chi connectivity index (χ4n) is 5.24. The first-order chi connectivity index (χ1) is 16.6.